The molecule has 3 nitrogen and oxygen atoms in total. The summed E-state index contributed by atoms with van der Waals surface area (Å²) in [5.74, 6) is 0.326. The van der Waals surface area contributed by atoms with Crippen molar-refractivity contribution in [3.05, 3.63) is 0 Å². The Balaban J connectivity index is 2.08. The van der Waals surface area contributed by atoms with Gasteiger partial charge < -0.3 is 10.4 Å². The highest BCUT2D eigenvalue weighted by Crippen LogP contribution is 2.57. The summed E-state index contributed by atoms with van der Waals surface area (Å²) in [7, 11) is 0. The van der Waals surface area contributed by atoms with Crippen LogP contribution in [0.4, 0.5) is 0 Å². The third-order valence-corrected chi connectivity index (χ3v) is 4.57. The smallest absolute Gasteiger partial charge is 0.228 e. The Kier molecular flexibility index (Phi) is 1.56. The van der Waals surface area contributed by atoms with Gasteiger partial charge in [-0.2, -0.15) is 0 Å². The number of carbonyl (C=O) groups is 1. The minimum atomic E-state index is -0.857. The maximum atomic E-state index is 11.9. The number of aliphatic hydroxyl groups is 1. The average Bonchev–Trinajstić information content (AvgIpc) is 2.60. The molecular formula is C11H17NO2. The molecule has 2 aliphatic carbocycles. The summed E-state index contributed by atoms with van der Waals surface area (Å²) >= 11 is 0. The first-order valence-corrected chi connectivity index (χ1v) is 5.72. The van der Waals surface area contributed by atoms with Gasteiger partial charge in [0.2, 0.25) is 5.91 Å². The SMILES string of the molecule is O=C1NC2(O)CCCCC13CCCC23. The lowest BCUT2D eigenvalue weighted by Crippen LogP contribution is -2.45. The van der Waals surface area contributed by atoms with Crippen molar-refractivity contribution in [2.24, 2.45) is 11.3 Å². The number of hydrogen-bond donors (Lipinski definition) is 2. The predicted molar refractivity (Wildman–Crippen MR) is 51.3 cm³/mol. The molecule has 2 N–H and O–H groups in total. The monoisotopic (exact) mass is 195 g/mol. The molecule has 2 saturated carbocycles. The van der Waals surface area contributed by atoms with Crippen molar-refractivity contribution in [2.75, 3.05) is 0 Å². The van der Waals surface area contributed by atoms with Gasteiger partial charge in [-0.15, -0.1) is 0 Å². The molecule has 0 spiro atoms. The second-order valence-corrected chi connectivity index (χ2v) is 5.19. The van der Waals surface area contributed by atoms with Gasteiger partial charge in [-0.25, -0.2) is 0 Å². The molecule has 3 unspecified atom stereocenters. The second kappa shape index (κ2) is 2.51. The lowest BCUT2D eigenvalue weighted by molar-refractivity contribution is -0.129. The molecule has 3 fully saturated rings. The van der Waals surface area contributed by atoms with Crippen molar-refractivity contribution in [2.45, 2.75) is 50.7 Å². The summed E-state index contributed by atoms with van der Waals surface area (Å²) in [4.78, 5) is 11.9. The van der Waals surface area contributed by atoms with Gasteiger partial charge >= 0.3 is 0 Å². The Morgan fingerprint density at radius 1 is 1.21 bits per heavy atom. The van der Waals surface area contributed by atoms with Crippen molar-refractivity contribution in [1.82, 2.24) is 5.32 Å². The molecule has 3 heteroatoms. The Morgan fingerprint density at radius 3 is 2.79 bits per heavy atom. The van der Waals surface area contributed by atoms with Gasteiger partial charge in [0.15, 0.2) is 0 Å². The summed E-state index contributed by atoms with van der Waals surface area (Å²) in [6.45, 7) is 0. The molecule has 0 aromatic heterocycles. The van der Waals surface area contributed by atoms with Gasteiger partial charge in [0, 0.05) is 5.92 Å². The topological polar surface area (TPSA) is 49.3 Å². The first-order valence-electron chi connectivity index (χ1n) is 5.72. The van der Waals surface area contributed by atoms with E-state index in [1.54, 1.807) is 0 Å². The summed E-state index contributed by atoms with van der Waals surface area (Å²) in [5.41, 5.74) is -1.05. The minimum Gasteiger partial charge on any atom is -0.371 e. The highest BCUT2D eigenvalue weighted by molar-refractivity contribution is 5.87. The zero-order valence-corrected chi connectivity index (χ0v) is 8.38. The first-order chi connectivity index (χ1) is 6.67. The molecule has 1 amide bonds. The normalized spacial score (nSPS) is 51.2. The summed E-state index contributed by atoms with van der Waals surface area (Å²) in [6.07, 6.45) is 7.03. The number of hydrogen-bond acceptors (Lipinski definition) is 2. The van der Waals surface area contributed by atoms with Crippen molar-refractivity contribution >= 4 is 5.91 Å². The molecule has 3 aliphatic rings. The Labute approximate surface area is 83.9 Å². The van der Waals surface area contributed by atoms with Gasteiger partial charge in [0.1, 0.15) is 5.72 Å². The van der Waals surface area contributed by atoms with E-state index in [-0.39, 0.29) is 17.2 Å². The van der Waals surface area contributed by atoms with E-state index in [1.165, 1.54) is 0 Å². The van der Waals surface area contributed by atoms with Gasteiger partial charge in [0.05, 0.1) is 5.41 Å². The Bertz CT molecular complexity index is 291. The number of nitrogens with one attached hydrogen (secondary N) is 1. The van der Waals surface area contributed by atoms with Crippen LogP contribution in [0.2, 0.25) is 0 Å². The van der Waals surface area contributed by atoms with Crippen LogP contribution >= 0.6 is 0 Å². The molecule has 1 saturated heterocycles. The van der Waals surface area contributed by atoms with Crippen molar-refractivity contribution < 1.29 is 9.90 Å². The van der Waals surface area contributed by atoms with E-state index in [4.69, 9.17) is 0 Å². The van der Waals surface area contributed by atoms with E-state index in [0.29, 0.717) is 0 Å². The molecule has 0 aromatic rings. The quantitative estimate of drug-likeness (QED) is 0.609. The van der Waals surface area contributed by atoms with Crippen molar-refractivity contribution in [3.63, 3.8) is 0 Å². The zero-order valence-electron chi connectivity index (χ0n) is 8.38. The van der Waals surface area contributed by atoms with E-state index >= 15 is 0 Å². The third kappa shape index (κ3) is 0.842. The van der Waals surface area contributed by atoms with Crippen molar-refractivity contribution in [1.29, 1.82) is 0 Å². The molecular weight excluding hydrogens is 178 g/mol. The molecule has 1 heterocycles. The Hall–Kier alpha value is -0.570. The zero-order chi connectivity index (χ0) is 9.81. The fraction of sp³-hybridized carbons (Fsp3) is 0.909. The molecule has 2 bridgehead atoms. The van der Waals surface area contributed by atoms with E-state index < -0.39 is 5.72 Å². The van der Waals surface area contributed by atoms with Crippen LogP contribution in [-0.4, -0.2) is 16.7 Å². The van der Waals surface area contributed by atoms with Crippen LogP contribution in [-0.2, 0) is 4.79 Å². The second-order valence-electron chi connectivity index (χ2n) is 5.19. The molecule has 3 rings (SSSR count). The molecule has 0 aromatic carbocycles. The lowest BCUT2D eigenvalue weighted by atomic mass is 9.74. The van der Waals surface area contributed by atoms with Crippen LogP contribution in [0.5, 0.6) is 0 Å². The van der Waals surface area contributed by atoms with Crippen LogP contribution < -0.4 is 5.32 Å². The van der Waals surface area contributed by atoms with E-state index in [0.717, 1.165) is 44.9 Å². The van der Waals surface area contributed by atoms with Gasteiger partial charge in [-0.05, 0) is 32.1 Å². The fourth-order valence-electron chi connectivity index (χ4n) is 3.93. The largest absolute Gasteiger partial charge is 0.371 e. The van der Waals surface area contributed by atoms with Gasteiger partial charge in [-0.3, -0.25) is 4.79 Å². The van der Waals surface area contributed by atoms with E-state index in [1.807, 2.05) is 0 Å². The lowest BCUT2D eigenvalue weighted by Gasteiger charge is -2.29. The van der Waals surface area contributed by atoms with E-state index in [9.17, 15) is 9.90 Å². The molecule has 0 radical (unpaired) electrons. The van der Waals surface area contributed by atoms with Gasteiger partial charge in [0.25, 0.3) is 0 Å². The van der Waals surface area contributed by atoms with Crippen LogP contribution in [0, 0.1) is 11.3 Å². The van der Waals surface area contributed by atoms with Crippen LogP contribution in [0.3, 0.4) is 0 Å². The van der Waals surface area contributed by atoms with Crippen LogP contribution in [0.25, 0.3) is 0 Å². The predicted octanol–water partition coefficient (Wildman–Crippen LogP) is 1.17. The number of carbonyl (C=O) groups excluding carboxylic acids is 1. The highest BCUT2D eigenvalue weighted by atomic mass is 16.3. The standard InChI is InChI=1S/C11H17NO2/c13-9-10-5-1-2-7-11(14,12-9)8(10)4-3-6-10/h8,14H,1-7H2,(H,12,13). The van der Waals surface area contributed by atoms with Crippen LogP contribution in [0.1, 0.15) is 44.9 Å². The Morgan fingerprint density at radius 2 is 1.93 bits per heavy atom. The minimum absolute atomic E-state index is 0.127. The summed E-state index contributed by atoms with van der Waals surface area (Å²) in [5, 5.41) is 13.2. The highest BCUT2D eigenvalue weighted by Gasteiger charge is 2.63. The van der Waals surface area contributed by atoms with E-state index in [2.05, 4.69) is 5.32 Å². The summed E-state index contributed by atoms with van der Waals surface area (Å²) < 4.78 is 0. The third-order valence-electron chi connectivity index (χ3n) is 4.57. The first kappa shape index (κ1) is 8.72. The average molecular weight is 195 g/mol. The molecule has 3 atom stereocenters. The molecule has 78 valence electrons. The fourth-order valence-corrected chi connectivity index (χ4v) is 3.93. The van der Waals surface area contributed by atoms with Crippen LogP contribution in [0.15, 0.2) is 0 Å². The maximum absolute atomic E-state index is 11.9. The number of rotatable bonds is 0. The number of amides is 1. The maximum Gasteiger partial charge on any atom is 0.228 e. The summed E-state index contributed by atoms with van der Waals surface area (Å²) in [6, 6.07) is 0. The molecule has 1 aliphatic heterocycles. The van der Waals surface area contributed by atoms with Gasteiger partial charge in [-0.1, -0.05) is 12.8 Å². The van der Waals surface area contributed by atoms with Crippen molar-refractivity contribution in [3.8, 4) is 0 Å². The molecule has 14 heavy (non-hydrogen) atoms.